The summed E-state index contributed by atoms with van der Waals surface area (Å²) in [7, 11) is 0. The third kappa shape index (κ3) is 2.93. The van der Waals surface area contributed by atoms with Crippen LogP contribution < -0.4 is 10.6 Å². The molecule has 0 atom stereocenters. The summed E-state index contributed by atoms with van der Waals surface area (Å²) in [6.45, 7) is 5.11. The molecule has 2 rings (SSSR count). The largest absolute Gasteiger partial charge is 0.342 e. The maximum absolute atomic E-state index is 13.8. The Kier molecular flexibility index (Phi) is 4.17. The molecular weight excluding hydrogens is 239 g/mol. The molecule has 0 spiro atoms. The molecule has 0 fully saturated rings. The Hall–Kier alpha value is -1.87. The van der Waals surface area contributed by atoms with Gasteiger partial charge in [-0.1, -0.05) is 18.2 Å². The summed E-state index contributed by atoms with van der Waals surface area (Å²) < 4.78 is 13.8. The summed E-state index contributed by atoms with van der Waals surface area (Å²) in [5, 5.41) is 0. The van der Waals surface area contributed by atoms with E-state index in [4.69, 9.17) is 5.73 Å². The van der Waals surface area contributed by atoms with Crippen LogP contribution in [0.15, 0.2) is 42.5 Å². The van der Waals surface area contributed by atoms with Crippen molar-refractivity contribution in [3.8, 4) is 0 Å². The van der Waals surface area contributed by atoms with E-state index in [1.54, 1.807) is 12.1 Å². The smallest absolute Gasteiger partial charge is 0.129 e. The van der Waals surface area contributed by atoms with Crippen LogP contribution in [0.4, 0.5) is 15.8 Å². The zero-order valence-corrected chi connectivity index (χ0v) is 11.4. The van der Waals surface area contributed by atoms with Gasteiger partial charge in [-0.15, -0.1) is 0 Å². The number of nitrogens with zero attached hydrogens (tertiary/aromatic N) is 1. The zero-order chi connectivity index (χ0) is 13.8. The van der Waals surface area contributed by atoms with E-state index in [1.807, 2.05) is 18.2 Å². The summed E-state index contributed by atoms with van der Waals surface area (Å²) in [4.78, 5) is 2.08. The highest BCUT2D eigenvalue weighted by molar-refractivity contribution is 5.64. The first kappa shape index (κ1) is 13.6. The van der Waals surface area contributed by atoms with Gasteiger partial charge in [0.15, 0.2) is 0 Å². The summed E-state index contributed by atoms with van der Waals surface area (Å²) in [5.74, 6) is -0.244. The van der Waals surface area contributed by atoms with Gasteiger partial charge < -0.3 is 10.6 Å². The first-order chi connectivity index (χ1) is 9.15. The highest BCUT2D eigenvalue weighted by Gasteiger charge is 2.10. The quantitative estimate of drug-likeness (QED) is 0.905. The first-order valence-electron chi connectivity index (χ1n) is 6.48. The van der Waals surface area contributed by atoms with E-state index in [9.17, 15) is 4.39 Å². The van der Waals surface area contributed by atoms with Crippen molar-refractivity contribution in [2.45, 2.75) is 20.4 Å². The fraction of sp³-hybridized carbons (Fsp3) is 0.250. The van der Waals surface area contributed by atoms with Crippen LogP contribution in [0, 0.1) is 12.7 Å². The average molecular weight is 258 g/mol. The Balaban J connectivity index is 2.39. The monoisotopic (exact) mass is 258 g/mol. The van der Waals surface area contributed by atoms with Gasteiger partial charge in [-0.05, 0) is 43.7 Å². The Bertz CT molecular complexity index is 566. The summed E-state index contributed by atoms with van der Waals surface area (Å²) in [5.41, 5.74) is 9.14. The van der Waals surface area contributed by atoms with Gasteiger partial charge in [0.1, 0.15) is 5.82 Å². The minimum atomic E-state index is -0.244. The first-order valence-corrected chi connectivity index (χ1v) is 6.48. The van der Waals surface area contributed by atoms with Crippen molar-refractivity contribution < 1.29 is 4.39 Å². The summed E-state index contributed by atoms with van der Waals surface area (Å²) in [6.07, 6.45) is 0. The van der Waals surface area contributed by atoms with Crippen LogP contribution in [-0.2, 0) is 6.54 Å². The van der Waals surface area contributed by atoms with E-state index in [2.05, 4.69) is 30.9 Å². The highest BCUT2D eigenvalue weighted by Crippen LogP contribution is 2.27. The average Bonchev–Trinajstić information content (AvgIpc) is 2.40. The second-order valence-electron chi connectivity index (χ2n) is 4.56. The van der Waals surface area contributed by atoms with E-state index in [0.717, 1.165) is 17.9 Å². The van der Waals surface area contributed by atoms with Gasteiger partial charge >= 0.3 is 0 Å². The lowest BCUT2D eigenvalue weighted by atomic mass is 10.1. The lowest BCUT2D eigenvalue weighted by molar-refractivity contribution is 0.610. The highest BCUT2D eigenvalue weighted by atomic mass is 19.1. The topological polar surface area (TPSA) is 29.3 Å². The predicted octanol–water partition coefficient (Wildman–Crippen LogP) is 3.75. The van der Waals surface area contributed by atoms with Gasteiger partial charge in [-0.2, -0.15) is 0 Å². The van der Waals surface area contributed by atoms with Crippen LogP contribution in [0.5, 0.6) is 0 Å². The Morgan fingerprint density at radius 2 is 1.84 bits per heavy atom. The number of hydrogen-bond acceptors (Lipinski definition) is 2. The molecule has 0 aliphatic heterocycles. The lowest BCUT2D eigenvalue weighted by Crippen LogP contribution is -2.16. The molecule has 2 aromatic carbocycles. The standard InChI is InChI=1S/C16H19FN2/c1-3-19(14-6-4-5-12(2)9-14)15-8-7-13(11-18)16(17)10-15/h4-10H,3,11,18H2,1-2H3. The molecule has 0 amide bonds. The van der Waals surface area contributed by atoms with E-state index in [1.165, 1.54) is 5.56 Å². The number of hydrogen-bond donors (Lipinski definition) is 1. The molecule has 0 aromatic heterocycles. The number of halogens is 1. The van der Waals surface area contributed by atoms with Crippen LogP contribution in [-0.4, -0.2) is 6.54 Å². The normalized spacial score (nSPS) is 10.5. The van der Waals surface area contributed by atoms with Gasteiger partial charge in [0.05, 0.1) is 0 Å². The third-order valence-electron chi connectivity index (χ3n) is 3.20. The molecule has 0 bridgehead atoms. The molecular formula is C16H19FN2. The Labute approximate surface area is 113 Å². The Morgan fingerprint density at radius 3 is 2.42 bits per heavy atom. The number of benzene rings is 2. The van der Waals surface area contributed by atoms with Crippen LogP contribution in [0.3, 0.4) is 0 Å². The summed E-state index contributed by atoms with van der Waals surface area (Å²) >= 11 is 0. The van der Waals surface area contributed by atoms with Gasteiger partial charge in [0.25, 0.3) is 0 Å². The molecule has 100 valence electrons. The molecule has 0 saturated heterocycles. The van der Waals surface area contributed by atoms with Crippen molar-refractivity contribution in [3.05, 3.63) is 59.4 Å². The van der Waals surface area contributed by atoms with Crippen LogP contribution in [0.1, 0.15) is 18.1 Å². The molecule has 2 nitrogen and oxygen atoms in total. The molecule has 0 radical (unpaired) electrons. The Morgan fingerprint density at radius 1 is 1.11 bits per heavy atom. The number of aryl methyl sites for hydroxylation is 1. The van der Waals surface area contributed by atoms with Gasteiger partial charge in [-0.3, -0.25) is 0 Å². The zero-order valence-electron chi connectivity index (χ0n) is 11.4. The molecule has 0 saturated carbocycles. The third-order valence-corrected chi connectivity index (χ3v) is 3.20. The van der Waals surface area contributed by atoms with Gasteiger partial charge in [-0.25, -0.2) is 4.39 Å². The molecule has 0 unspecified atom stereocenters. The van der Waals surface area contributed by atoms with Crippen LogP contribution in [0.2, 0.25) is 0 Å². The van der Waals surface area contributed by atoms with Gasteiger partial charge in [0.2, 0.25) is 0 Å². The molecule has 3 heteroatoms. The fourth-order valence-electron chi connectivity index (χ4n) is 2.18. The molecule has 2 aromatic rings. The maximum Gasteiger partial charge on any atom is 0.129 e. The van der Waals surface area contributed by atoms with Crippen molar-refractivity contribution in [2.75, 3.05) is 11.4 Å². The minimum Gasteiger partial charge on any atom is -0.342 e. The maximum atomic E-state index is 13.8. The summed E-state index contributed by atoms with van der Waals surface area (Å²) in [6, 6.07) is 13.4. The number of anilines is 2. The predicted molar refractivity (Wildman–Crippen MR) is 78.2 cm³/mol. The molecule has 2 N–H and O–H groups in total. The van der Waals surface area contributed by atoms with E-state index in [-0.39, 0.29) is 12.4 Å². The lowest BCUT2D eigenvalue weighted by Gasteiger charge is -2.24. The molecule has 0 heterocycles. The molecule has 0 aliphatic rings. The minimum absolute atomic E-state index is 0.225. The van der Waals surface area contributed by atoms with Crippen LogP contribution >= 0.6 is 0 Å². The van der Waals surface area contributed by atoms with E-state index in [0.29, 0.717) is 5.56 Å². The van der Waals surface area contributed by atoms with Crippen molar-refractivity contribution in [1.82, 2.24) is 0 Å². The number of nitrogens with two attached hydrogens (primary N) is 1. The van der Waals surface area contributed by atoms with E-state index >= 15 is 0 Å². The second kappa shape index (κ2) is 5.85. The second-order valence-corrected chi connectivity index (χ2v) is 4.56. The van der Waals surface area contributed by atoms with Crippen LogP contribution in [0.25, 0.3) is 0 Å². The SMILES string of the molecule is CCN(c1cccc(C)c1)c1ccc(CN)c(F)c1. The van der Waals surface area contributed by atoms with Crippen molar-refractivity contribution in [1.29, 1.82) is 0 Å². The number of rotatable bonds is 4. The molecule has 0 aliphatic carbocycles. The molecule has 19 heavy (non-hydrogen) atoms. The van der Waals surface area contributed by atoms with Crippen molar-refractivity contribution in [3.63, 3.8) is 0 Å². The van der Waals surface area contributed by atoms with Crippen molar-refractivity contribution in [2.24, 2.45) is 5.73 Å². The van der Waals surface area contributed by atoms with Crippen molar-refractivity contribution >= 4 is 11.4 Å². The van der Waals surface area contributed by atoms with E-state index < -0.39 is 0 Å². The fourth-order valence-corrected chi connectivity index (χ4v) is 2.18. The van der Waals surface area contributed by atoms with Gasteiger partial charge in [0, 0.05) is 30.0 Å².